The lowest BCUT2D eigenvalue weighted by molar-refractivity contribution is -0.00253. The first-order chi connectivity index (χ1) is 4.11. The van der Waals surface area contributed by atoms with Crippen molar-refractivity contribution in [3.05, 3.63) is 0 Å². The number of halogens is 2. The lowest BCUT2D eigenvalue weighted by atomic mass is 10.3. The quantitative estimate of drug-likeness (QED) is 0.525. The van der Waals surface area contributed by atoms with Crippen molar-refractivity contribution >= 4 is 0 Å². The average Bonchev–Trinajstić information content (AvgIpc) is 2.08. The van der Waals surface area contributed by atoms with Gasteiger partial charge in [-0.15, -0.1) is 10.2 Å². The molecule has 0 atom stereocenters. The molecular weight excluding hydrogens is 130 g/mol. The fraction of sp³-hybridized carbons (Fsp3) is 1.00. The van der Waals surface area contributed by atoms with Crippen LogP contribution in [0.3, 0.4) is 0 Å². The number of nitrogens with zero attached hydrogens (tertiary/aromatic N) is 4. The molecule has 0 unspecified atom stereocenters. The summed E-state index contributed by atoms with van der Waals surface area (Å²) in [6.07, 6.45) is -1.41. The van der Waals surface area contributed by atoms with E-state index >= 15 is 0 Å². The normalized spacial score (nSPS) is 19.4. The van der Waals surface area contributed by atoms with Gasteiger partial charge < -0.3 is 0 Å². The Hall–Kier alpha value is -0.940. The highest BCUT2D eigenvalue weighted by molar-refractivity contribution is 4.75. The second kappa shape index (κ2) is 1.78. The highest BCUT2D eigenvalue weighted by Gasteiger charge is 2.36. The molecule has 0 saturated heterocycles. The van der Waals surface area contributed by atoms with Crippen LogP contribution < -0.4 is 0 Å². The number of rotatable bonds is 1. The minimum Gasteiger partial charge on any atom is -0.202 e. The van der Waals surface area contributed by atoms with Crippen molar-refractivity contribution in [2.45, 2.75) is 19.0 Å². The van der Waals surface area contributed by atoms with Gasteiger partial charge in [-0.1, -0.05) is 0 Å². The van der Waals surface area contributed by atoms with E-state index < -0.39 is 12.1 Å². The molecule has 0 fully saturated rings. The highest BCUT2D eigenvalue weighted by Crippen LogP contribution is 2.24. The molecule has 0 spiro atoms. The predicted octanol–water partition coefficient (Wildman–Crippen LogP) is 1.80. The van der Waals surface area contributed by atoms with Gasteiger partial charge in [0, 0.05) is 6.92 Å². The van der Waals surface area contributed by atoms with Crippen LogP contribution in [0.1, 0.15) is 6.92 Å². The molecule has 1 heterocycles. The summed E-state index contributed by atoms with van der Waals surface area (Å²) in [7, 11) is 0. The molecule has 1 aliphatic rings. The Bertz CT molecular complexity index is 146. The van der Waals surface area contributed by atoms with Gasteiger partial charge in [0.25, 0.3) is 5.92 Å². The highest BCUT2D eigenvalue weighted by atomic mass is 19.3. The van der Waals surface area contributed by atoms with Gasteiger partial charge in [0.2, 0.25) is 6.17 Å². The first-order valence-electron chi connectivity index (χ1n) is 2.28. The minimum atomic E-state index is -2.94. The van der Waals surface area contributed by atoms with Crippen molar-refractivity contribution in [2.75, 3.05) is 0 Å². The van der Waals surface area contributed by atoms with E-state index in [0.717, 1.165) is 6.92 Å². The first kappa shape index (κ1) is 6.18. The van der Waals surface area contributed by atoms with Gasteiger partial charge in [-0.2, -0.15) is 0 Å². The summed E-state index contributed by atoms with van der Waals surface area (Å²) in [6, 6.07) is 0. The monoisotopic (exact) mass is 134 g/mol. The van der Waals surface area contributed by atoms with Gasteiger partial charge >= 0.3 is 0 Å². The van der Waals surface area contributed by atoms with Crippen molar-refractivity contribution in [3.8, 4) is 0 Å². The molecule has 1 rings (SSSR count). The Morgan fingerprint density at radius 1 is 1.22 bits per heavy atom. The third kappa shape index (κ3) is 1.24. The SMILES string of the molecule is CC(F)(F)C1N=NN=N1. The minimum absolute atomic E-state index is 0.723. The van der Waals surface area contributed by atoms with E-state index in [2.05, 4.69) is 20.7 Å². The molecule has 9 heavy (non-hydrogen) atoms. The Morgan fingerprint density at radius 2 is 1.67 bits per heavy atom. The van der Waals surface area contributed by atoms with Crippen molar-refractivity contribution in [2.24, 2.45) is 20.7 Å². The molecule has 50 valence electrons. The summed E-state index contributed by atoms with van der Waals surface area (Å²) < 4.78 is 24.2. The van der Waals surface area contributed by atoms with E-state index in [-0.39, 0.29) is 0 Å². The second-order valence-electron chi connectivity index (χ2n) is 1.74. The van der Waals surface area contributed by atoms with Gasteiger partial charge in [-0.3, -0.25) is 0 Å². The Kier molecular flexibility index (Phi) is 1.22. The van der Waals surface area contributed by atoms with Crippen molar-refractivity contribution < 1.29 is 8.78 Å². The van der Waals surface area contributed by atoms with Gasteiger partial charge in [0.15, 0.2) is 0 Å². The Labute approximate surface area is 49.7 Å². The molecule has 0 amide bonds. The van der Waals surface area contributed by atoms with Crippen molar-refractivity contribution in [3.63, 3.8) is 0 Å². The Morgan fingerprint density at radius 3 is 1.89 bits per heavy atom. The van der Waals surface area contributed by atoms with Gasteiger partial charge in [-0.05, 0) is 10.4 Å². The zero-order valence-electron chi connectivity index (χ0n) is 4.62. The summed E-state index contributed by atoms with van der Waals surface area (Å²) >= 11 is 0. The maximum Gasteiger partial charge on any atom is 0.290 e. The molecular formula is C3H4F2N4. The third-order valence-corrected chi connectivity index (χ3v) is 0.815. The zero-order valence-corrected chi connectivity index (χ0v) is 4.62. The smallest absolute Gasteiger partial charge is 0.202 e. The van der Waals surface area contributed by atoms with Gasteiger partial charge in [0.05, 0.1) is 0 Å². The molecule has 6 heteroatoms. The molecule has 0 bridgehead atoms. The van der Waals surface area contributed by atoms with Crippen LogP contribution in [0.2, 0.25) is 0 Å². The van der Waals surface area contributed by atoms with E-state index in [1.54, 1.807) is 0 Å². The van der Waals surface area contributed by atoms with Crippen LogP contribution in [-0.2, 0) is 0 Å². The summed E-state index contributed by atoms with van der Waals surface area (Å²) in [5, 5.41) is 12.0. The summed E-state index contributed by atoms with van der Waals surface area (Å²) in [6.45, 7) is 0.723. The Balaban J connectivity index is 2.64. The van der Waals surface area contributed by atoms with Crippen molar-refractivity contribution in [1.29, 1.82) is 0 Å². The largest absolute Gasteiger partial charge is 0.290 e. The summed E-state index contributed by atoms with van der Waals surface area (Å²) in [4.78, 5) is 0. The van der Waals surface area contributed by atoms with Crippen molar-refractivity contribution in [1.82, 2.24) is 0 Å². The molecule has 0 aromatic rings. The molecule has 0 radical (unpaired) electrons. The molecule has 4 nitrogen and oxygen atoms in total. The second-order valence-corrected chi connectivity index (χ2v) is 1.74. The van der Waals surface area contributed by atoms with Crippen LogP contribution in [0.25, 0.3) is 0 Å². The zero-order chi connectivity index (χ0) is 6.91. The van der Waals surface area contributed by atoms with E-state index in [1.807, 2.05) is 0 Å². The molecule has 0 aromatic carbocycles. The predicted molar refractivity (Wildman–Crippen MR) is 24.1 cm³/mol. The molecule has 0 N–H and O–H groups in total. The van der Waals surface area contributed by atoms with E-state index in [0.29, 0.717) is 0 Å². The molecule has 0 aliphatic carbocycles. The van der Waals surface area contributed by atoms with E-state index in [9.17, 15) is 8.78 Å². The van der Waals surface area contributed by atoms with Crippen LogP contribution in [-0.4, -0.2) is 12.1 Å². The van der Waals surface area contributed by atoms with Gasteiger partial charge in [-0.25, -0.2) is 8.78 Å². The number of hydrogen-bond acceptors (Lipinski definition) is 4. The average molecular weight is 134 g/mol. The van der Waals surface area contributed by atoms with Crippen LogP contribution in [0.15, 0.2) is 20.7 Å². The molecule has 0 saturated carbocycles. The number of alkyl halides is 2. The van der Waals surface area contributed by atoms with Gasteiger partial charge in [0.1, 0.15) is 0 Å². The summed E-state index contributed by atoms with van der Waals surface area (Å²) in [5.41, 5.74) is 0. The fourth-order valence-electron chi connectivity index (χ4n) is 0.370. The standard InChI is InChI=1S/C3H4F2N4/c1-3(4,5)2-6-8-9-7-2/h2H,1H3. The van der Waals surface area contributed by atoms with Crippen LogP contribution in [0.4, 0.5) is 8.78 Å². The van der Waals surface area contributed by atoms with Crippen LogP contribution in [0, 0.1) is 0 Å². The lowest BCUT2D eigenvalue weighted by Crippen LogP contribution is -2.24. The third-order valence-electron chi connectivity index (χ3n) is 0.815. The first-order valence-corrected chi connectivity index (χ1v) is 2.28. The topological polar surface area (TPSA) is 49.4 Å². The summed E-state index contributed by atoms with van der Waals surface area (Å²) in [5.74, 6) is -2.94. The number of hydrogen-bond donors (Lipinski definition) is 0. The molecule has 0 aromatic heterocycles. The maximum atomic E-state index is 12.1. The lowest BCUT2D eigenvalue weighted by Gasteiger charge is -2.08. The van der Waals surface area contributed by atoms with E-state index in [4.69, 9.17) is 0 Å². The maximum absolute atomic E-state index is 12.1. The fourth-order valence-corrected chi connectivity index (χ4v) is 0.370. The molecule has 1 aliphatic heterocycles. The van der Waals surface area contributed by atoms with Crippen LogP contribution in [0.5, 0.6) is 0 Å². The van der Waals surface area contributed by atoms with Crippen LogP contribution >= 0.6 is 0 Å². The van der Waals surface area contributed by atoms with E-state index in [1.165, 1.54) is 0 Å².